The third-order valence-corrected chi connectivity index (χ3v) is 5.45. The highest BCUT2D eigenvalue weighted by Gasteiger charge is 2.42. The minimum absolute atomic E-state index is 0.139. The highest BCUT2D eigenvalue weighted by atomic mass is 16.9. The second-order valence-corrected chi connectivity index (χ2v) is 6.94. The molecule has 4 aliphatic rings. The minimum atomic E-state index is -1.75. The molecule has 0 saturated carbocycles. The molecule has 9 heteroatoms. The molecule has 0 amide bonds. The standard InChI is InChI=1S/C20H20NO4.NO3/c1-21-9-15-12(4-5-16(22-2)20(15)23-3)14-6-11-7-17-18(25-10-24-17)8-13(11)19(14)21;2-1(3)4/h4-5,7-9,16,19H,6,10H2,1-3H3;/q+1;-1. The largest absolute Gasteiger partial charge is 0.497 e. The van der Waals surface area contributed by atoms with Crippen molar-refractivity contribution in [1.29, 1.82) is 0 Å². The number of hydrogen-bond donors (Lipinski definition) is 0. The van der Waals surface area contributed by atoms with E-state index in [0.717, 1.165) is 29.3 Å². The summed E-state index contributed by atoms with van der Waals surface area (Å²) in [6.07, 6.45) is 7.17. The molecule has 2 heterocycles. The average molecular weight is 400 g/mol. The van der Waals surface area contributed by atoms with Crippen molar-refractivity contribution in [3.05, 3.63) is 73.2 Å². The van der Waals surface area contributed by atoms with Gasteiger partial charge in [-0.05, 0) is 29.3 Å². The van der Waals surface area contributed by atoms with Crippen LogP contribution in [0.25, 0.3) is 0 Å². The summed E-state index contributed by atoms with van der Waals surface area (Å²) in [4.78, 5) is 8.25. The van der Waals surface area contributed by atoms with E-state index in [2.05, 4.69) is 42.1 Å². The van der Waals surface area contributed by atoms with Gasteiger partial charge in [0.05, 0.1) is 17.8 Å². The van der Waals surface area contributed by atoms with E-state index < -0.39 is 5.09 Å². The zero-order valence-electron chi connectivity index (χ0n) is 16.2. The van der Waals surface area contributed by atoms with Crippen LogP contribution in [0.15, 0.2) is 46.8 Å². The van der Waals surface area contributed by atoms with Crippen LogP contribution < -0.4 is 9.47 Å². The molecule has 152 valence electrons. The number of hydrogen-bond acceptors (Lipinski definition) is 7. The Morgan fingerprint density at radius 1 is 1.17 bits per heavy atom. The number of ether oxygens (including phenoxy) is 4. The third-order valence-electron chi connectivity index (χ3n) is 5.45. The highest BCUT2D eigenvalue weighted by Crippen LogP contribution is 2.48. The lowest BCUT2D eigenvalue weighted by molar-refractivity contribution is -0.530. The predicted octanol–water partition coefficient (Wildman–Crippen LogP) is 2.28. The smallest absolute Gasteiger partial charge is 0.231 e. The quantitative estimate of drug-likeness (QED) is 0.426. The Bertz CT molecular complexity index is 1000. The van der Waals surface area contributed by atoms with Crippen LogP contribution in [0.4, 0.5) is 0 Å². The normalized spacial score (nSPS) is 22.9. The van der Waals surface area contributed by atoms with Crippen LogP contribution in [0.1, 0.15) is 17.2 Å². The summed E-state index contributed by atoms with van der Waals surface area (Å²) in [5.41, 5.74) is 6.34. The molecule has 0 bridgehead atoms. The van der Waals surface area contributed by atoms with Crippen molar-refractivity contribution in [3.63, 3.8) is 0 Å². The van der Waals surface area contributed by atoms with Crippen molar-refractivity contribution in [1.82, 2.24) is 0 Å². The van der Waals surface area contributed by atoms with Gasteiger partial charge in [-0.1, -0.05) is 6.08 Å². The molecule has 2 aliphatic heterocycles. The lowest BCUT2D eigenvalue weighted by Gasteiger charge is -2.26. The Morgan fingerprint density at radius 3 is 2.52 bits per heavy atom. The molecule has 0 radical (unpaired) electrons. The summed E-state index contributed by atoms with van der Waals surface area (Å²) >= 11 is 0. The van der Waals surface area contributed by atoms with Gasteiger partial charge in [0, 0.05) is 24.7 Å². The molecule has 5 rings (SSSR count). The van der Waals surface area contributed by atoms with E-state index in [0.29, 0.717) is 6.79 Å². The first kappa shape index (κ1) is 19.0. The molecule has 9 nitrogen and oxygen atoms in total. The minimum Gasteiger partial charge on any atom is -0.497 e. The van der Waals surface area contributed by atoms with Gasteiger partial charge >= 0.3 is 0 Å². The van der Waals surface area contributed by atoms with Crippen molar-refractivity contribution < 1.29 is 28.6 Å². The van der Waals surface area contributed by atoms with Gasteiger partial charge in [0.15, 0.2) is 17.7 Å². The van der Waals surface area contributed by atoms with Gasteiger partial charge in [-0.2, -0.15) is 0 Å². The number of methoxy groups -OCH3 is 2. The molecule has 2 atom stereocenters. The van der Waals surface area contributed by atoms with Crippen LogP contribution in [0.5, 0.6) is 11.5 Å². The Morgan fingerprint density at radius 2 is 1.86 bits per heavy atom. The summed E-state index contributed by atoms with van der Waals surface area (Å²) < 4.78 is 24.6. The Balaban J connectivity index is 0.000000472. The van der Waals surface area contributed by atoms with Crippen molar-refractivity contribution in [3.8, 4) is 11.5 Å². The van der Waals surface area contributed by atoms with Crippen LogP contribution in [-0.2, 0) is 15.9 Å². The summed E-state index contributed by atoms with van der Waals surface area (Å²) in [6.45, 7) is 0.310. The molecule has 29 heavy (non-hydrogen) atoms. The van der Waals surface area contributed by atoms with E-state index in [1.54, 1.807) is 14.2 Å². The summed E-state index contributed by atoms with van der Waals surface area (Å²) in [5, 5.41) is 14.8. The molecule has 1 aromatic carbocycles. The Hall–Kier alpha value is -3.33. The molecule has 0 N–H and O–H groups in total. The van der Waals surface area contributed by atoms with E-state index in [-0.39, 0.29) is 12.1 Å². The fraction of sp³-hybridized carbons (Fsp3) is 0.350. The molecule has 0 saturated heterocycles. The first-order valence-electron chi connectivity index (χ1n) is 8.98. The number of nitrogens with zero attached hydrogens (tertiary/aromatic N) is 2. The number of allylic oxidation sites excluding steroid dienone is 3. The first-order chi connectivity index (χ1) is 13.9. The lowest BCUT2D eigenvalue weighted by Crippen LogP contribution is -2.27. The van der Waals surface area contributed by atoms with Gasteiger partial charge in [-0.3, -0.25) is 0 Å². The monoisotopic (exact) mass is 400 g/mol. The molecule has 0 fully saturated rings. The van der Waals surface area contributed by atoms with E-state index >= 15 is 0 Å². The number of rotatable bonds is 2. The molecule has 0 aromatic heterocycles. The van der Waals surface area contributed by atoms with Crippen LogP contribution in [0.2, 0.25) is 0 Å². The molecular formula is C20H20N2O7. The summed E-state index contributed by atoms with van der Waals surface area (Å²) in [7, 11) is 5.52. The van der Waals surface area contributed by atoms with Gasteiger partial charge in [-0.25, -0.2) is 4.58 Å². The maximum absolute atomic E-state index is 8.25. The van der Waals surface area contributed by atoms with E-state index in [1.807, 2.05) is 0 Å². The van der Waals surface area contributed by atoms with Gasteiger partial charge < -0.3 is 34.3 Å². The third kappa shape index (κ3) is 3.13. The Labute approximate surface area is 166 Å². The zero-order valence-corrected chi connectivity index (χ0v) is 16.2. The van der Waals surface area contributed by atoms with Crippen molar-refractivity contribution in [2.24, 2.45) is 0 Å². The molecular weight excluding hydrogens is 380 g/mol. The van der Waals surface area contributed by atoms with Crippen molar-refractivity contribution in [2.75, 3.05) is 28.1 Å². The molecule has 0 spiro atoms. The van der Waals surface area contributed by atoms with Crippen LogP contribution in [-0.4, -0.2) is 50.0 Å². The fourth-order valence-electron chi connectivity index (χ4n) is 4.35. The lowest BCUT2D eigenvalue weighted by atomic mass is 9.87. The SMILES string of the molecule is COC1=C2C=[N+](C)C3C(=C2C=CC1OC)Cc1cc2c(cc13)OCO2.O=[N+]([O-])[O-]. The average Bonchev–Trinajstić information content (AvgIpc) is 3.28. The second kappa shape index (κ2) is 7.25. The van der Waals surface area contributed by atoms with Crippen molar-refractivity contribution in [2.45, 2.75) is 18.6 Å². The van der Waals surface area contributed by atoms with E-state index in [1.165, 1.54) is 22.3 Å². The van der Waals surface area contributed by atoms with Gasteiger partial charge in [0.1, 0.15) is 18.9 Å². The molecule has 2 aliphatic carbocycles. The van der Waals surface area contributed by atoms with Gasteiger partial charge in [-0.15, -0.1) is 0 Å². The summed E-state index contributed by atoms with van der Waals surface area (Å²) in [6, 6.07) is 4.49. The van der Waals surface area contributed by atoms with Crippen molar-refractivity contribution >= 4 is 6.21 Å². The van der Waals surface area contributed by atoms with Gasteiger partial charge in [0.2, 0.25) is 12.8 Å². The predicted molar refractivity (Wildman–Crippen MR) is 103 cm³/mol. The molecule has 2 unspecified atom stereocenters. The number of likely N-dealkylation sites (N-methyl/N-ethyl adjacent to an activating group) is 1. The van der Waals surface area contributed by atoms with E-state index in [4.69, 9.17) is 34.3 Å². The number of benzene rings is 1. The van der Waals surface area contributed by atoms with Gasteiger partial charge in [0.25, 0.3) is 0 Å². The maximum Gasteiger partial charge on any atom is 0.231 e. The summed E-state index contributed by atoms with van der Waals surface area (Å²) in [5.74, 6) is 2.56. The van der Waals surface area contributed by atoms with Crippen LogP contribution >= 0.6 is 0 Å². The number of fused-ring (bicyclic) bond motifs is 5. The Kier molecular flexibility index (Phi) is 4.75. The van der Waals surface area contributed by atoms with Crippen LogP contribution in [0, 0.1) is 15.3 Å². The highest BCUT2D eigenvalue weighted by molar-refractivity contribution is 5.87. The topological polar surface area (TPSA) is 106 Å². The zero-order chi connectivity index (χ0) is 20.7. The maximum atomic E-state index is 8.25. The molecule has 1 aromatic rings. The second-order valence-electron chi connectivity index (χ2n) is 6.94. The first-order valence-corrected chi connectivity index (χ1v) is 8.98. The van der Waals surface area contributed by atoms with E-state index in [9.17, 15) is 0 Å². The fourth-order valence-corrected chi connectivity index (χ4v) is 4.35. The van der Waals surface area contributed by atoms with Crippen LogP contribution in [0.3, 0.4) is 0 Å².